The molecule has 16 heavy (non-hydrogen) atoms. The molecule has 2 rings (SSSR count). The molecule has 1 nitrogen and oxygen atoms in total. The molecule has 2 aromatic rings. The quantitative estimate of drug-likeness (QED) is 0.746. The minimum atomic E-state index is -0.426. The molecule has 1 aromatic carbocycles. The zero-order valence-corrected chi connectivity index (χ0v) is 12.9. The van der Waals surface area contributed by atoms with Crippen molar-refractivity contribution in [2.45, 2.75) is 12.5 Å². The maximum atomic E-state index is 10.1. The summed E-state index contributed by atoms with van der Waals surface area (Å²) in [6.45, 7) is 0. The van der Waals surface area contributed by atoms with E-state index in [2.05, 4.69) is 38.5 Å². The van der Waals surface area contributed by atoms with Gasteiger partial charge in [0.15, 0.2) is 0 Å². The van der Waals surface area contributed by atoms with Gasteiger partial charge in [-0.1, -0.05) is 12.1 Å². The molecule has 0 aliphatic carbocycles. The minimum Gasteiger partial charge on any atom is -0.388 e. The van der Waals surface area contributed by atoms with E-state index in [1.807, 2.05) is 35.7 Å². The van der Waals surface area contributed by atoms with E-state index >= 15 is 0 Å². The molecule has 0 bridgehead atoms. The SMILES string of the molecule is OC(Cc1sccc1Br)c1cccc(I)c1. The Morgan fingerprint density at radius 1 is 1.38 bits per heavy atom. The van der Waals surface area contributed by atoms with Crippen molar-refractivity contribution in [3.8, 4) is 0 Å². The van der Waals surface area contributed by atoms with Crippen LogP contribution in [0.5, 0.6) is 0 Å². The van der Waals surface area contributed by atoms with E-state index in [0.29, 0.717) is 6.42 Å². The standard InChI is InChI=1S/C12H10BrIOS/c13-10-4-5-16-12(10)7-11(15)8-2-1-3-9(14)6-8/h1-6,11,15H,7H2. The van der Waals surface area contributed by atoms with E-state index < -0.39 is 6.10 Å². The van der Waals surface area contributed by atoms with Gasteiger partial charge in [0.1, 0.15) is 0 Å². The Labute approximate surface area is 121 Å². The summed E-state index contributed by atoms with van der Waals surface area (Å²) >= 11 is 7.41. The predicted octanol–water partition coefficient (Wildman–Crippen LogP) is 4.39. The first kappa shape index (κ1) is 12.5. The van der Waals surface area contributed by atoms with Crippen LogP contribution in [0.1, 0.15) is 16.5 Å². The third-order valence-corrected chi connectivity index (χ3v) is 4.92. The lowest BCUT2D eigenvalue weighted by Crippen LogP contribution is -2.01. The van der Waals surface area contributed by atoms with Crippen LogP contribution in [0.2, 0.25) is 0 Å². The van der Waals surface area contributed by atoms with Crippen LogP contribution in [0.15, 0.2) is 40.2 Å². The molecular formula is C12H10BrIOS. The Hall–Kier alpha value is 0.0900. The van der Waals surface area contributed by atoms with Gasteiger partial charge in [-0.05, 0) is 67.7 Å². The van der Waals surface area contributed by atoms with Gasteiger partial charge in [0.2, 0.25) is 0 Å². The van der Waals surface area contributed by atoms with Crippen LogP contribution in [0.25, 0.3) is 0 Å². The number of halogens is 2. The molecule has 1 atom stereocenters. The number of aliphatic hydroxyl groups is 1. The average Bonchev–Trinajstić information content (AvgIpc) is 2.64. The second-order valence-electron chi connectivity index (χ2n) is 3.47. The Morgan fingerprint density at radius 3 is 2.81 bits per heavy atom. The maximum Gasteiger partial charge on any atom is 0.0839 e. The molecule has 0 amide bonds. The van der Waals surface area contributed by atoms with Gasteiger partial charge in [0.25, 0.3) is 0 Å². The van der Waals surface area contributed by atoms with Crippen molar-refractivity contribution in [3.05, 3.63) is 54.2 Å². The maximum absolute atomic E-state index is 10.1. The Balaban J connectivity index is 2.14. The molecule has 1 heterocycles. The van der Waals surface area contributed by atoms with Gasteiger partial charge in [-0.25, -0.2) is 0 Å². The van der Waals surface area contributed by atoms with Crippen molar-refractivity contribution in [1.29, 1.82) is 0 Å². The zero-order chi connectivity index (χ0) is 11.5. The number of aliphatic hydroxyl groups excluding tert-OH is 1. The molecule has 84 valence electrons. The summed E-state index contributed by atoms with van der Waals surface area (Å²) in [7, 11) is 0. The molecule has 1 N–H and O–H groups in total. The lowest BCUT2D eigenvalue weighted by atomic mass is 10.1. The summed E-state index contributed by atoms with van der Waals surface area (Å²) in [5.74, 6) is 0. The van der Waals surface area contributed by atoms with Crippen molar-refractivity contribution in [2.24, 2.45) is 0 Å². The second-order valence-corrected chi connectivity index (χ2v) is 6.57. The molecule has 0 aliphatic heterocycles. The number of hydrogen-bond donors (Lipinski definition) is 1. The highest BCUT2D eigenvalue weighted by molar-refractivity contribution is 14.1. The van der Waals surface area contributed by atoms with Gasteiger partial charge < -0.3 is 5.11 Å². The van der Waals surface area contributed by atoms with E-state index in [0.717, 1.165) is 13.6 Å². The largest absolute Gasteiger partial charge is 0.388 e. The van der Waals surface area contributed by atoms with Crippen LogP contribution in [0.4, 0.5) is 0 Å². The summed E-state index contributed by atoms with van der Waals surface area (Å²) in [4.78, 5) is 1.19. The molecule has 1 unspecified atom stereocenters. The van der Waals surface area contributed by atoms with Crippen molar-refractivity contribution in [1.82, 2.24) is 0 Å². The first-order valence-corrected chi connectivity index (χ1v) is 7.57. The molecule has 0 spiro atoms. The van der Waals surface area contributed by atoms with Gasteiger partial charge in [-0.15, -0.1) is 11.3 Å². The summed E-state index contributed by atoms with van der Waals surface area (Å²) in [6.07, 6.45) is 0.239. The number of benzene rings is 1. The van der Waals surface area contributed by atoms with E-state index in [9.17, 15) is 5.11 Å². The van der Waals surface area contributed by atoms with E-state index in [4.69, 9.17) is 0 Å². The first-order valence-electron chi connectivity index (χ1n) is 4.82. The first-order chi connectivity index (χ1) is 7.66. The van der Waals surface area contributed by atoms with Crippen molar-refractivity contribution < 1.29 is 5.11 Å². The fourth-order valence-corrected chi connectivity index (χ4v) is 3.60. The van der Waals surface area contributed by atoms with Crippen LogP contribution >= 0.6 is 49.9 Å². The second kappa shape index (κ2) is 5.62. The molecule has 0 saturated heterocycles. The smallest absolute Gasteiger partial charge is 0.0839 e. The monoisotopic (exact) mass is 408 g/mol. The predicted molar refractivity (Wildman–Crippen MR) is 79.8 cm³/mol. The number of thiophene rings is 1. The van der Waals surface area contributed by atoms with Crippen LogP contribution in [-0.4, -0.2) is 5.11 Å². The number of rotatable bonds is 3. The Kier molecular flexibility index (Phi) is 4.41. The highest BCUT2D eigenvalue weighted by Gasteiger charge is 2.11. The van der Waals surface area contributed by atoms with Crippen LogP contribution in [0, 0.1) is 3.57 Å². The average molecular weight is 409 g/mol. The molecular weight excluding hydrogens is 399 g/mol. The lowest BCUT2D eigenvalue weighted by Gasteiger charge is -2.10. The third kappa shape index (κ3) is 3.06. The van der Waals surface area contributed by atoms with Crippen molar-refractivity contribution in [3.63, 3.8) is 0 Å². The topological polar surface area (TPSA) is 20.2 Å². The lowest BCUT2D eigenvalue weighted by molar-refractivity contribution is 0.179. The van der Waals surface area contributed by atoms with Crippen molar-refractivity contribution >= 4 is 49.9 Å². The third-order valence-electron chi connectivity index (χ3n) is 2.30. The number of hydrogen-bond acceptors (Lipinski definition) is 2. The summed E-state index contributed by atoms with van der Waals surface area (Å²) < 4.78 is 2.24. The summed E-state index contributed by atoms with van der Waals surface area (Å²) in [5.41, 5.74) is 0.979. The summed E-state index contributed by atoms with van der Waals surface area (Å²) in [6, 6.07) is 10.0. The molecule has 0 radical (unpaired) electrons. The van der Waals surface area contributed by atoms with E-state index in [-0.39, 0.29) is 0 Å². The van der Waals surface area contributed by atoms with Gasteiger partial charge in [0.05, 0.1) is 6.10 Å². The molecule has 0 saturated carbocycles. The van der Waals surface area contributed by atoms with Crippen LogP contribution in [0.3, 0.4) is 0 Å². The molecule has 4 heteroatoms. The normalized spacial score (nSPS) is 12.7. The zero-order valence-electron chi connectivity index (χ0n) is 8.36. The van der Waals surface area contributed by atoms with Gasteiger partial charge in [-0.2, -0.15) is 0 Å². The Morgan fingerprint density at radius 2 is 2.19 bits per heavy atom. The fraction of sp³-hybridized carbons (Fsp3) is 0.167. The summed E-state index contributed by atoms with van der Waals surface area (Å²) in [5, 5.41) is 12.2. The molecule has 1 aromatic heterocycles. The van der Waals surface area contributed by atoms with Crippen LogP contribution in [-0.2, 0) is 6.42 Å². The molecule has 0 fully saturated rings. The fourth-order valence-electron chi connectivity index (χ4n) is 1.48. The van der Waals surface area contributed by atoms with E-state index in [1.165, 1.54) is 4.88 Å². The Bertz CT molecular complexity index is 483. The van der Waals surface area contributed by atoms with Gasteiger partial charge >= 0.3 is 0 Å². The van der Waals surface area contributed by atoms with Crippen molar-refractivity contribution in [2.75, 3.05) is 0 Å². The molecule has 0 aliphatic rings. The van der Waals surface area contributed by atoms with Gasteiger partial charge in [0, 0.05) is 19.3 Å². The highest BCUT2D eigenvalue weighted by Crippen LogP contribution is 2.28. The highest BCUT2D eigenvalue weighted by atomic mass is 127. The van der Waals surface area contributed by atoms with E-state index in [1.54, 1.807) is 11.3 Å². The van der Waals surface area contributed by atoms with Gasteiger partial charge in [-0.3, -0.25) is 0 Å². The van der Waals surface area contributed by atoms with Crippen LogP contribution < -0.4 is 0 Å². The minimum absolute atomic E-state index is 0.426.